The number of pyridine rings is 1. The first-order chi connectivity index (χ1) is 17.5. The lowest BCUT2D eigenvalue weighted by Gasteiger charge is -2.17. The Hall–Kier alpha value is -4.17. The number of carbonyl (C=O) groups excluding carboxylic acids is 1. The predicted molar refractivity (Wildman–Crippen MR) is 145 cm³/mol. The van der Waals surface area contributed by atoms with Gasteiger partial charge in [0.15, 0.2) is 16.6 Å². The largest absolute Gasteiger partial charge is 0.493 e. The second kappa shape index (κ2) is 11.5. The average molecular weight is 502 g/mol. The second-order valence-corrected chi connectivity index (χ2v) is 8.38. The zero-order valence-electron chi connectivity index (χ0n) is 20.3. The molecule has 0 aliphatic rings. The molecule has 1 amide bonds. The lowest BCUT2D eigenvalue weighted by atomic mass is 9.96. The minimum absolute atomic E-state index is 0.141. The summed E-state index contributed by atoms with van der Waals surface area (Å²) in [5, 5.41) is 6.89. The van der Waals surface area contributed by atoms with Gasteiger partial charge in [-0.25, -0.2) is 0 Å². The van der Waals surface area contributed by atoms with E-state index in [9.17, 15) is 4.79 Å². The molecule has 0 aliphatic heterocycles. The third kappa shape index (κ3) is 5.72. The Morgan fingerprint density at radius 3 is 2.31 bits per heavy atom. The number of anilines is 1. The highest BCUT2D eigenvalue weighted by Crippen LogP contribution is 2.37. The van der Waals surface area contributed by atoms with Gasteiger partial charge in [-0.2, -0.15) is 0 Å². The van der Waals surface area contributed by atoms with Crippen LogP contribution >= 0.6 is 12.2 Å². The van der Waals surface area contributed by atoms with Gasteiger partial charge in [0.2, 0.25) is 5.91 Å². The van der Waals surface area contributed by atoms with Crippen molar-refractivity contribution in [3.63, 3.8) is 0 Å². The summed E-state index contributed by atoms with van der Waals surface area (Å²) in [5.41, 5.74) is 2.42. The molecular formula is C28H27N3O4S. The van der Waals surface area contributed by atoms with Gasteiger partial charge in [0, 0.05) is 23.3 Å². The van der Waals surface area contributed by atoms with Crippen molar-refractivity contribution >= 4 is 39.8 Å². The molecule has 0 saturated heterocycles. The van der Waals surface area contributed by atoms with Crippen LogP contribution in [0, 0.1) is 0 Å². The fourth-order valence-corrected chi connectivity index (χ4v) is 4.11. The van der Waals surface area contributed by atoms with Gasteiger partial charge in [-0.1, -0.05) is 37.3 Å². The fraction of sp³-hybridized carbons (Fsp3) is 0.179. The van der Waals surface area contributed by atoms with E-state index >= 15 is 0 Å². The molecule has 0 saturated carbocycles. The van der Waals surface area contributed by atoms with Crippen LogP contribution in [-0.4, -0.2) is 30.2 Å². The van der Waals surface area contributed by atoms with Gasteiger partial charge in [0.25, 0.3) is 0 Å². The van der Waals surface area contributed by atoms with E-state index in [1.807, 2.05) is 73.7 Å². The van der Waals surface area contributed by atoms with Crippen LogP contribution in [0.25, 0.3) is 10.9 Å². The number of ether oxygens (including phenoxy) is 3. The van der Waals surface area contributed by atoms with Gasteiger partial charge in [0.1, 0.15) is 11.5 Å². The molecule has 8 heteroatoms. The van der Waals surface area contributed by atoms with Gasteiger partial charge in [-0.3, -0.25) is 9.78 Å². The summed E-state index contributed by atoms with van der Waals surface area (Å²) in [4.78, 5) is 17.1. The highest BCUT2D eigenvalue weighted by atomic mass is 32.1. The molecule has 4 aromatic rings. The van der Waals surface area contributed by atoms with E-state index < -0.39 is 0 Å². The van der Waals surface area contributed by atoms with Crippen LogP contribution in [-0.2, 0) is 4.79 Å². The Labute approximate surface area is 215 Å². The molecule has 36 heavy (non-hydrogen) atoms. The maximum atomic E-state index is 12.7. The Morgan fingerprint density at radius 2 is 1.64 bits per heavy atom. The lowest BCUT2D eigenvalue weighted by Crippen LogP contribution is -2.37. The maximum absolute atomic E-state index is 12.7. The number of hydrogen-bond donors (Lipinski definition) is 2. The van der Waals surface area contributed by atoms with Crippen molar-refractivity contribution in [2.75, 3.05) is 19.5 Å². The van der Waals surface area contributed by atoms with Crippen LogP contribution in [0.15, 0.2) is 79.0 Å². The number of methoxy groups -OCH3 is 2. The first-order valence-electron chi connectivity index (χ1n) is 11.5. The second-order valence-electron chi connectivity index (χ2n) is 7.97. The molecule has 0 bridgehead atoms. The highest BCUT2D eigenvalue weighted by Gasteiger charge is 2.19. The molecule has 1 unspecified atom stereocenters. The van der Waals surface area contributed by atoms with Crippen LogP contribution in [0.5, 0.6) is 23.0 Å². The summed E-state index contributed by atoms with van der Waals surface area (Å²) in [6, 6.07) is 22.4. The number of nitrogens with one attached hydrogen (secondary N) is 2. The van der Waals surface area contributed by atoms with Crippen molar-refractivity contribution in [2.45, 2.75) is 19.3 Å². The molecule has 7 nitrogen and oxygen atoms in total. The van der Waals surface area contributed by atoms with E-state index in [-0.39, 0.29) is 16.9 Å². The minimum atomic E-state index is -0.268. The summed E-state index contributed by atoms with van der Waals surface area (Å²) in [6.07, 6.45) is 2.35. The molecule has 0 aliphatic carbocycles. The van der Waals surface area contributed by atoms with Crippen LogP contribution in [0.2, 0.25) is 0 Å². The quantitative estimate of drug-likeness (QED) is 0.284. The molecule has 0 spiro atoms. The average Bonchev–Trinajstić information content (AvgIpc) is 2.90. The van der Waals surface area contributed by atoms with Crippen molar-refractivity contribution in [2.24, 2.45) is 0 Å². The van der Waals surface area contributed by atoms with E-state index in [0.29, 0.717) is 29.4 Å². The first kappa shape index (κ1) is 24.9. The number of amides is 1. The van der Waals surface area contributed by atoms with E-state index in [1.54, 1.807) is 26.5 Å². The summed E-state index contributed by atoms with van der Waals surface area (Å²) in [6.45, 7) is 1.98. The number of carbonyl (C=O) groups is 1. The number of fused-ring (bicyclic) bond motifs is 1. The SMILES string of the molecule is CCC(C(=O)NC(=S)Nc1ccc(Oc2ccnc3cc(OC)c(OC)cc23)cc1)c1ccccc1. The number of nitrogens with zero attached hydrogens (tertiary/aromatic N) is 1. The summed E-state index contributed by atoms with van der Waals surface area (Å²) < 4.78 is 16.9. The van der Waals surface area contributed by atoms with Gasteiger partial charge < -0.3 is 24.8 Å². The normalized spacial score (nSPS) is 11.4. The van der Waals surface area contributed by atoms with Gasteiger partial charge >= 0.3 is 0 Å². The van der Waals surface area contributed by atoms with Crippen LogP contribution in [0.4, 0.5) is 5.69 Å². The van der Waals surface area contributed by atoms with E-state index in [4.69, 9.17) is 26.4 Å². The third-order valence-corrected chi connectivity index (χ3v) is 5.91. The molecule has 2 N–H and O–H groups in total. The first-order valence-corrected chi connectivity index (χ1v) is 11.9. The summed E-state index contributed by atoms with van der Waals surface area (Å²) in [5.74, 6) is 2.05. The van der Waals surface area contributed by atoms with E-state index in [2.05, 4.69) is 15.6 Å². The molecular weight excluding hydrogens is 474 g/mol. The number of benzene rings is 3. The van der Waals surface area contributed by atoms with Gasteiger partial charge in [-0.15, -0.1) is 0 Å². The van der Waals surface area contributed by atoms with Crippen molar-refractivity contribution < 1.29 is 19.0 Å². The van der Waals surface area contributed by atoms with Crippen LogP contribution in [0.3, 0.4) is 0 Å². The van der Waals surface area contributed by atoms with Crippen molar-refractivity contribution in [1.29, 1.82) is 0 Å². The summed E-state index contributed by atoms with van der Waals surface area (Å²) >= 11 is 5.36. The standard InChI is InChI=1S/C28H27N3O4S/c1-4-21(18-8-6-5-7-9-18)27(32)31-28(36)30-19-10-12-20(13-11-19)35-24-14-15-29-23-17-26(34-3)25(33-2)16-22(23)24/h5-17,21H,4H2,1-3H3,(H2,30,31,32,36). The monoisotopic (exact) mass is 501 g/mol. The summed E-state index contributed by atoms with van der Waals surface area (Å²) in [7, 11) is 3.17. The smallest absolute Gasteiger partial charge is 0.233 e. The van der Waals surface area contributed by atoms with Gasteiger partial charge in [0.05, 0.1) is 25.7 Å². The molecule has 0 fully saturated rings. The molecule has 3 aromatic carbocycles. The Balaban J connectivity index is 1.42. The number of rotatable bonds is 8. The van der Waals surface area contributed by atoms with E-state index in [1.165, 1.54) is 0 Å². The fourth-order valence-electron chi connectivity index (χ4n) is 3.89. The lowest BCUT2D eigenvalue weighted by molar-refractivity contribution is -0.121. The Bertz CT molecular complexity index is 1360. The molecule has 4 rings (SSSR count). The van der Waals surface area contributed by atoms with Gasteiger partial charge in [-0.05, 0) is 60.6 Å². The third-order valence-electron chi connectivity index (χ3n) is 5.71. The van der Waals surface area contributed by atoms with Crippen molar-refractivity contribution in [3.05, 3.63) is 84.6 Å². The minimum Gasteiger partial charge on any atom is -0.493 e. The topological polar surface area (TPSA) is 81.7 Å². The zero-order valence-corrected chi connectivity index (χ0v) is 21.1. The Kier molecular flexibility index (Phi) is 7.97. The number of hydrogen-bond acceptors (Lipinski definition) is 6. The number of aromatic nitrogens is 1. The van der Waals surface area contributed by atoms with Crippen molar-refractivity contribution in [3.8, 4) is 23.0 Å². The van der Waals surface area contributed by atoms with Crippen LogP contribution < -0.4 is 24.8 Å². The zero-order chi connectivity index (χ0) is 25.5. The highest BCUT2D eigenvalue weighted by molar-refractivity contribution is 7.80. The molecule has 1 heterocycles. The molecule has 184 valence electrons. The molecule has 0 radical (unpaired) electrons. The maximum Gasteiger partial charge on any atom is 0.233 e. The predicted octanol–water partition coefficient (Wildman–Crippen LogP) is 6.05. The molecule has 1 atom stereocenters. The van der Waals surface area contributed by atoms with Crippen molar-refractivity contribution in [1.82, 2.24) is 10.3 Å². The Morgan fingerprint density at radius 1 is 0.944 bits per heavy atom. The van der Waals surface area contributed by atoms with E-state index in [0.717, 1.165) is 22.2 Å². The molecule has 1 aromatic heterocycles. The number of thiocarbonyl (C=S) groups is 1. The van der Waals surface area contributed by atoms with Crippen LogP contribution in [0.1, 0.15) is 24.8 Å².